The fourth-order valence-corrected chi connectivity index (χ4v) is 1.24. The highest BCUT2D eigenvalue weighted by molar-refractivity contribution is 5.38. The van der Waals surface area contributed by atoms with Gasteiger partial charge >= 0.3 is 0 Å². The number of hydrogen-bond donors (Lipinski definition) is 2. The molecule has 2 aromatic rings. The van der Waals surface area contributed by atoms with Gasteiger partial charge in [0.1, 0.15) is 5.82 Å². The van der Waals surface area contributed by atoms with Gasteiger partial charge in [-0.2, -0.15) is 5.10 Å². The first kappa shape index (κ1) is 10.5. The molecule has 0 aliphatic carbocycles. The van der Waals surface area contributed by atoms with Crippen molar-refractivity contribution in [1.82, 2.24) is 10.2 Å². The van der Waals surface area contributed by atoms with Gasteiger partial charge in [0.05, 0.1) is 11.9 Å². The number of halogens is 3. The quantitative estimate of drug-likeness (QED) is 0.790. The summed E-state index contributed by atoms with van der Waals surface area (Å²) < 4.78 is 38.6. The molecule has 0 aliphatic heterocycles. The van der Waals surface area contributed by atoms with E-state index in [4.69, 9.17) is 0 Å². The van der Waals surface area contributed by atoms with Crippen molar-refractivity contribution in [1.29, 1.82) is 0 Å². The van der Waals surface area contributed by atoms with Crippen LogP contribution in [0.4, 0.5) is 18.9 Å². The Balaban J connectivity index is 2.12. The van der Waals surface area contributed by atoms with E-state index in [2.05, 4.69) is 15.5 Å². The first-order chi connectivity index (χ1) is 7.66. The molecule has 84 valence electrons. The minimum absolute atomic E-state index is 0.0556. The SMILES string of the molecule is Fc1cc(F)c(CNc2cn[nH]c2)cc1F. The third kappa shape index (κ3) is 2.16. The number of aromatic nitrogens is 2. The zero-order valence-electron chi connectivity index (χ0n) is 8.10. The number of H-pyrrole nitrogens is 1. The number of rotatable bonds is 3. The molecular formula is C10H8F3N3. The Morgan fingerprint density at radius 3 is 2.56 bits per heavy atom. The highest BCUT2D eigenvalue weighted by atomic mass is 19.2. The van der Waals surface area contributed by atoms with Crippen molar-refractivity contribution in [3.63, 3.8) is 0 Å². The van der Waals surface area contributed by atoms with Gasteiger partial charge in [-0.15, -0.1) is 0 Å². The summed E-state index contributed by atoms with van der Waals surface area (Å²) >= 11 is 0. The number of anilines is 1. The minimum atomic E-state index is -1.19. The molecule has 0 bridgehead atoms. The van der Waals surface area contributed by atoms with Crippen molar-refractivity contribution in [2.24, 2.45) is 0 Å². The molecule has 0 saturated heterocycles. The van der Waals surface area contributed by atoms with E-state index in [1.807, 2.05) is 0 Å². The van der Waals surface area contributed by atoms with E-state index >= 15 is 0 Å². The summed E-state index contributed by atoms with van der Waals surface area (Å²) in [6, 6.07) is 1.36. The number of hydrogen-bond acceptors (Lipinski definition) is 2. The average molecular weight is 227 g/mol. The molecule has 0 radical (unpaired) electrons. The summed E-state index contributed by atoms with van der Waals surface area (Å²) in [7, 11) is 0. The topological polar surface area (TPSA) is 40.7 Å². The monoisotopic (exact) mass is 227 g/mol. The summed E-state index contributed by atoms with van der Waals surface area (Å²) in [4.78, 5) is 0. The van der Waals surface area contributed by atoms with Crippen molar-refractivity contribution in [2.75, 3.05) is 5.32 Å². The van der Waals surface area contributed by atoms with Crippen LogP contribution in [-0.4, -0.2) is 10.2 Å². The van der Waals surface area contributed by atoms with Gasteiger partial charge < -0.3 is 5.32 Å². The second kappa shape index (κ2) is 4.26. The van der Waals surface area contributed by atoms with Gasteiger partial charge in [0.25, 0.3) is 0 Å². The predicted molar refractivity (Wildman–Crippen MR) is 52.2 cm³/mol. The van der Waals surface area contributed by atoms with Gasteiger partial charge in [-0.3, -0.25) is 5.10 Å². The Bertz CT molecular complexity index is 482. The number of nitrogens with zero attached hydrogens (tertiary/aromatic N) is 1. The predicted octanol–water partition coefficient (Wildman–Crippen LogP) is 2.44. The number of benzene rings is 1. The Kier molecular flexibility index (Phi) is 2.80. The summed E-state index contributed by atoms with van der Waals surface area (Å²) in [5.41, 5.74) is 0.698. The first-order valence-corrected chi connectivity index (χ1v) is 4.53. The second-order valence-electron chi connectivity index (χ2n) is 3.20. The molecule has 2 N–H and O–H groups in total. The van der Waals surface area contributed by atoms with Crippen molar-refractivity contribution in [3.8, 4) is 0 Å². The summed E-state index contributed by atoms with van der Waals surface area (Å²) in [5.74, 6) is -3.04. The highest BCUT2D eigenvalue weighted by Crippen LogP contribution is 2.15. The Morgan fingerprint density at radius 2 is 1.88 bits per heavy atom. The van der Waals surface area contributed by atoms with Crippen molar-refractivity contribution < 1.29 is 13.2 Å². The molecule has 0 saturated carbocycles. The summed E-state index contributed by atoms with van der Waals surface area (Å²) in [6.45, 7) is 0.0581. The van der Waals surface area contributed by atoms with Crippen LogP contribution >= 0.6 is 0 Å². The summed E-state index contributed by atoms with van der Waals surface area (Å²) in [6.07, 6.45) is 3.07. The normalized spacial score (nSPS) is 10.4. The van der Waals surface area contributed by atoms with E-state index in [0.29, 0.717) is 11.8 Å². The molecule has 16 heavy (non-hydrogen) atoms. The smallest absolute Gasteiger partial charge is 0.161 e. The molecule has 0 fully saturated rings. The summed E-state index contributed by atoms with van der Waals surface area (Å²) in [5, 5.41) is 9.04. The fraction of sp³-hybridized carbons (Fsp3) is 0.100. The van der Waals surface area contributed by atoms with Crippen LogP contribution in [0.1, 0.15) is 5.56 Å². The molecule has 1 aromatic heterocycles. The molecule has 1 heterocycles. The van der Waals surface area contributed by atoms with Crippen LogP contribution in [-0.2, 0) is 6.54 Å². The fourth-order valence-electron chi connectivity index (χ4n) is 1.24. The van der Waals surface area contributed by atoms with Crippen LogP contribution in [0.5, 0.6) is 0 Å². The molecule has 6 heteroatoms. The van der Waals surface area contributed by atoms with E-state index in [9.17, 15) is 13.2 Å². The minimum Gasteiger partial charge on any atom is -0.378 e. The highest BCUT2D eigenvalue weighted by Gasteiger charge is 2.09. The molecule has 0 unspecified atom stereocenters. The second-order valence-corrected chi connectivity index (χ2v) is 3.20. The van der Waals surface area contributed by atoms with Gasteiger partial charge in [0.15, 0.2) is 11.6 Å². The number of aromatic amines is 1. The third-order valence-corrected chi connectivity index (χ3v) is 2.07. The lowest BCUT2D eigenvalue weighted by molar-refractivity contribution is 0.490. The van der Waals surface area contributed by atoms with Gasteiger partial charge in [0.2, 0.25) is 0 Å². The third-order valence-electron chi connectivity index (χ3n) is 2.07. The lowest BCUT2D eigenvalue weighted by atomic mass is 10.2. The molecule has 0 amide bonds. The van der Waals surface area contributed by atoms with E-state index in [1.54, 1.807) is 6.20 Å². The molecular weight excluding hydrogens is 219 g/mol. The Morgan fingerprint density at radius 1 is 1.12 bits per heavy atom. The standard InChI is InChI=1S/C10H8F3N3/c11-8-2-10(13)9(12)1-6(8)3-14-7-4-15-16-5-7/h1-2,4-5,14H,3H2,(H,15,16). The Hall–Kier alpha value is -1.98. The van der Waals surface area contributed by atoms with Crippen molar-refractivity contribution in [2.45, 2.75) is 6.54 Å². The maximum Gasteiger partial charge on any atom is 0.161 e. The van der Waals surface area contributed by atoms with Crippen LogP contribution in [0.25, 0.3) is 0 Å². The molecule has 1 aromatic carbocycles. The van der Waals surface area contributed by atoms with Crippen LogP contribution in [0.15, 0.2) is 24.5 Å². The molecule has 3 nitrogen and oxygen atoms in total. The van der Waals surface area contributed by atoms with Gasteiger partial charge in [-0.05, 0) is 6.07 Å². The lowest BCUT2D eigenvalue weighted by Crippen LogP contribution is -2.03. The van der Waals surface area contributed by atoms with Crippen LogP contribution in [0.2, 0.25) is 0 Å². The maximum atomic E-state index is 13.2. The maximum absolute atomic E-state index is 13.2. The lowest BCUT2D eigenvalue weighted by Gasteiger charge is -2.05. The molecule has 0 spiro atoms. The van der Waals surface area contributed by atoms with Gasteiger partial charge in [0, 0.05) is 24.4 Å². The van der Waals surface area contributed by atoms with E-state index in [0.717, 1.165) is 6.07 Å². The van der Waals surface area contributed by atoms with Crippen LogP contribution in [0, 0.1) is 17.5 Å². The van der Waals surface area contributed by atoms with Crippen LogP contribution in [0.3, 0.4) is 0 Å². The number of nitrogens with one attached hydrogen (secondary N) is 2. The average Bonchev–Trinajstić information content (AvgIpc) is 2.74. The van der Waals surface area contributed by atoms with E-state index in [-0.39, 0.29) is 12.1 Å². The van der Waals surface area contributed by atoms with Gasteiger partial charge in [-0.1, -0.05) is 0 Å². The molecule has 0 aliphatic rings. The zero-order valence-corrected chi connectivity index (χ0v) is 8.10. The van der Waals surface area contributed by atoms with Crippen molar-refractivity contribution >= 4 is 5.69 Å². The van der Waals surface area contributed by atoms with E-state index in [1.165, 1.54) is 6.20 Å². The Labute approximate surface area is 89.3 Å². The largest absolute Gasteiger partial charge is 0.378 e. The first-order valence-electron chi connectivity index (χ1n) is 4.53. The van der Waals surface area contributed by atoms with Crippen molar-refractivity contribution in [3.05, 3.63) is 47.5 Å². The van der Waals surface area contributed by atoms with Crippen LogP contribution < -0.4 is 5.32 Å². The van der Waals surface area contributed by atoms with E-state index < -0.39 is 17.5 Å². The van der Waals surface area contributed by atoms with Gasteiger partial charge in [-0.25, -0.2) is 13.2 Å². The molecule has 2 rings (SSSR count). The molecule has 0 atom stereocenters. The zero-order chi connectivity index (χ0) is 11.5.